The summed E-state index contributed by atoms with van der Waals surface area (Å²) in [5, 5.41) is 7.82. The van der Waals surface area contributed by atoms with E-state index in [1.54, 1.807) is 29.6 Å². The Labute approximate surface area is 170 Å². The Kier molecular flexibility index (Phi) is 4.95. The minimum absolute atomic E-state index is 0.545. The molecule has 2 aliphatic rings. The molecule has 2 fully saturated rings. The first-order valence-electron chi connectivity index (χ1n) is 10.1. The number of aryl methyl sites for hydroxylation is 1. The quantitative estimate of drug-likeness (QED) is 0.716. The van der Waals surface area contributed by atoms with Crippen LogP contribution in [-0.4, -0.2) is 62.0 Å². The molecule has 4 heterocycles. The maximum Gasteiger partial charge on any atom is 0.247 e. The van der Waals surface area contributed by atoms with Crippen molar-refractivity contribution < 1.29 is 4.74 Å². The first kappa shape index (κ1) is 18.2. The monoisotopic (exact) mass is 391 g/mol. The number of nitrogens with one attached hydrogen (secondary N) is 1. The van der Waals surface area contributed by atoms with Crippen LogP contribution in [0.1, 0.15) is 29.9 Å². The van der Waals surface area contributed by atoms with Gasteiger partial charge in [0.05, 0.1) is 25.5 Å². The summed E-state index contributed by atoms with van der Waals surface area (Å²) in [6.45, 7) is 6.20. The van der Waals surface area contributed by atoms with Crippen molar-refractivity contribution in [1.82, 2.24) is 29.6 Å². The highest BCUT2D eigenvalue weighted by molar-refractivity contribution is 5.56. The topological polar surface area (TPSA) is 81.0 Å². The van der Waals surface area contributed by atoms with Crippen molar-refractivity contribution in [3.05, 3.63) is 54.2 Å². The fourth-order valence-electron chi connectivity index (χ4n) is 4.13. The second-order valence-corrected chi connectivity index (χ2v) is 7.86. The van der Waals surface area contributed by atoms with Crippen molar-refractivity contribution in [3.63, 3.8) is 0 Å². The average Bonchev–Trinajstić information content (AvgIpc) is 3.16. The molecule has 3 aromatic rings. The highest BCUT2D eigenvalue weighted by atomic mass is 16.5. The molecule has 150 valence electrons. The Morgan fingerprint density at radius 2 is 2.07 bits per heavy atom. The molecule has 0 amide bonds. The van der Waals surface area contributed by atoms with E-state index in [1.165, 1.54) is 30.5 Å². The predicted octanol–water partition coefficient (Wildman–Crippen LogP) is 2.69. The summed E-state index contributed by atoms with van der Waals surface area (Å²) in [5.74, 6) is 1.74. The van der Waals surface area contributed by atoms with Gasteiger partial charge in [-0.25, -0.2) is 4.98 Å². The van der Waals surface area contributed by atoms with Crippen LogP contribution in [0.5, 0.6) is 0 Å². The van der Waals surface area contributed by atoms with Gasteiger partial charge in [0.2, 0.25) is 5.95 Å². The fraction of sp³-hybridized carbons (Fsp3) is 0.429. The van der Waals surface area contributed by atoms with Gasteiger partial charge in [-0.1, -0.05) is 6.07 Å². The molecular weight excluding hydrogens is 366 g/mol. The van der Waals surface area contributed by atoms with Crippen LogP contribution < -0.4 is 5.32 Å². The third-order valence-electron chi connectivity index (χ3n) is 5.69. The van der Waals surface area contributed by atoms with Crippen molar-refractivity contribution in [2.75, 3.05) is 31.6 Å². The number of anilines is 2. The lowest BCUT2D eigenvalue weighted by molar-refractivity contribution is -0.0721. The van der Waals surface area contributed by atoms with E-state index in [1.807, 2.05) is 0 Å². The molecule has 29 heavy (non-hydrogen) atoms. The van der Waals surface area contributed by atoms with E-state index in [4.69, 9.17) is 4.74 Å². The SMILES string of the molecule is Cc1cc(Nc2ncn(-c3cnccn3)n2)cc(C2CCCN(C3COC3)C2)c1. The molecule has 1 unspecified atom stereocenters. The number of rotatable bonds is 5. The van der Waals surface area contributed by atoms with Crippen LogP contribution in [0.4, 0.5) is 11.6 Å². The van der Waals surface area contributed by atoms with Crippen LogP contribution >= 0.6 is 0 Å². The van der Waals surface area contributed by atoms with Gasteiger partial charge in [0.15, 0.2) is 5.82 Å². The largest absolute Gasteiger partial charge is 0.378 e. The molecule has 2 saturated heterocycles. The summed E-state index contributed by atoms with van der Waals surface area (Å²) in [6.07, 6.45) is 9.04. The number of likely N-dealkylation sites (tertiary alicyclic amines) is 1. The summed E-state index contributed by atoms with van der Waals surface area (Å²) in [5.41, 5.74) is 3.63. The summed E-state index contributed by atoms with van der Waals surface area (Å²) in [7, 11) is 0. The van der Waals surface area contributed by atoms with Gasteiger partial charge < -0.3 is 10.1 Å². The Hall–Kier alpha value is -2.84. The maximum absolute atomic E-state index is 5.39. The van der Waals surface area contributed by atoms with Crippen LogP contribution in [0, 0.1) is 6.92 Å². The fourth-order valence-corrected chi connectivity index (χ4v) is 4.13. The molecule has 8 heteroatoms. The van der Waals surface area contributed by atoms with Crippen LogP contribution in [0.2, 0.25) is 0 Å². The summed E-state index contributed by atoms with van der Waals surface area (Å²) < 4.78 is 7.01. The van der Waals surface area contributed by atoms with E-state index in [9.17, 15) is 0 Å². The molecule has 5 rings (SSSR count). The Morgan fingerprint density at radius 1 is 1.14 bits per heavy atom. The molecule has 0 spiro atoms. The molecule has 0 aliphatic carbocycles. The van der Waals surface area contributed by atoms with Crippen molar-refractivity contribution in [3.8, 4) is 5.82 Å². The van der Waals surface area contributed by atoms with Crippen molar-refractivity contribution in [2.45, 2.75) is 31.7 Å². The van der Waals surface area contributed by atoms with Gasteiger partial charge in [-0.05, 0) is 55.5 Å². The van der Waals surface area contributed by atoms with E-state index >= 15 is 0 Å². The lowest BCUT2D eigenvalue weighted by Gasteiger charge is -2.42. The molecule has 1 aromatic carbocycles. The molecule has 8 nitrogen and oxygen atoms in total. The number of nitrogens with zero attached hydrogens (tertiary/aromatic N) is 6. The number of hydrogen-bond acceptors (Lipinski definition) is 7. The minimum Gasteiger partial charge on any atom is -0.378 e. The van der Waals surface area contributed by atoms with Crippen LogP contribution in [0.25, 0.3) is 5.82 Å². The zero-order chi connectivity index (χ0) is 19.6. The van der Waals surface area contributed by atoms with Crippen molar-refractivity contribution in [2.24, 2.45) is 0 Å². The normalized spacial score (nSPS) is 20.4. The first-order chi connectivity index (χ1) is 14.2. The van der Waals surface area contributed by atoms with Gasteiger partial charge in [-0.15, -0.1) is 5.10 Å². The molecule has 1 N–H and O–H groups in total. The molecule has 0 radical (unpaired) electrons. The number of hydrogen-bond donors (Lipinski definition) is 1. The van der Waals surface area contributed by atoms with Gasteiger partial charge in [0, 0.05) is 24.6 Å². The lowest BCUT2D eigenvalue weighted by Crippen LogP contribution is -2.52. The number of benzene rings is 1. The van der Waals surface area contributed by atoms with Gasteiger partial charge in [0.25, 0.3) is 0 Å². The first-order valence-corrected chi connectivity index (χ1v) is 10.1. The Balaban J connectivity index is 1.32. The molecule has 2 aliphatic heterocycles. The number of ether oxygens (including phenoxy) is 1. The zero-order valence-corrected chi connectivity index (χ0v) is 16.5. The van der Waals surface area contributed by atoms with E-state index in [2.05, 4.69) is 55.4 Å². The second kappa shape index (κ2) is 7.88. The van der Waals surface area contributed by atoms with E-state index in [0.717, 1.165) is 25.4 Å². The maximum atomic E-state index is 5.39. The summed E-state index contributed by atoms with van der Waals surface area (Å²) in [6, 6.07) is 7.28. The van der Waals surface area contributed by atoms with Crippen molar-refractivity contribution in [1.29, 1.82) is 0 Å². The van der Waals surface area contributed by atoms with Gasteiger partial charge in [0.1, 0.15) is 6.33 Å². The third-order valence-corrected chi connectivity index (χ3v) is 5.69. The predicted molar refractivity (Wildman–Crippen MR) is 110 cm³/mol. The van der Waals surface area contributed by atoms with Crippen LogP contribution in [-0.2, 0) is 4.74 Å². The standard InChI is InChI=1S/C21H25N7O/c1-15-7-17(16-3-2-6-27(11-16)19-12-29-13-19)9-18(8-15)25-21-24-14-28(26-21)20-10-22-4-5-23-20/h4-5,7-10,14,16,19H,2-3,6,11-13H2,1H3,(H,25,26). The molecule has 0 saturated carbocycles. The van der Waals surface area contributed by atoms with Gasteiger partial charge in [-0.2, -0.15) is 9.67 Å². The lowest BCUT2D eigenvalue weighted by atomic mass is 9.88. The van der Waals surface area contributed by atoms with E-state index in [-0.39, 0.29) is 0 Å². The van der Waals surface area contributed by atoms with Crippen molar-refractivity contribution >= 4 is 11.6 Å². The Bertz CT molecular complexity index is 970. The van der Waals surface area contributed by atoms with Gasteiger partial charge >= 0.3 is 0 Å². The summed E-state index contributed by atoms with van der Waals surface area (Å²) in [4.78, 5) is 15.3. The molecular formula is C21H25N7O. The third kappa shape index (κ3) is 3.99. The van der Waals surface area contributed by atoms with Crippen LogP contribution in [0.3, 0.4) is 0 Å². The van der Waals surface area contributed by atoms with Crippen LogP contribution in [0.15, 0.2) is 43.1 Å². The molecule has 1 atom stereocenters. The molecule has 2 aromatic heterocycles. The number of aromatic nitrogens is 5. The molecule has 0 bridgehead atoms. The zero-order valence-electron chi connectivity index (χ0n) is 16.5. The minimum atomic E-state index is 0.545. The highest BCUT2D eigenvalue weighted by Crippen LogP contribution is 2.32. The number of piperidine rings is 1. The summed E-state index contributed by atoms with van der Waals surface area (Å²) >= 11 is 0. The van der Waals surface area contributed by atoms with Gasteiger partial charge in [-0.3, -0.25) is 9.88 Å². The smallest absolute Gasteiger partial charge is 0.247 e. The van der Waals surface area contributed by atoms with E-state index in [0.29, 0.717) is 23.7 Å². The van der Waals surface area contributed by atoms with E-state index < -0.39 is 0 Å². The average molecular weight is 391 g/mol. The highest BCUT2D eigenvalue weighted by Gasteiger charge is 2.31. The Morgan fingerprint density at radius 3 is 2.86 bits per heavy atom. The second-order valence-electron chi connectivity index (χ2n) is 7.86.